The number of benzene rings is 1. The average Bonchev–Trinajstić information content (AvgIpc) is 2.95. The lowest BCUT2D eigenvalue weighted by Crippen LogP contribution is -2.11. The minimum atomic E-state index is -0.215. The molecular formula is C15H17NO2. The van der Waals surface area contributed by atoms with E-state index in [0.717, 1.165) is 17.3 Å². The van der Waals surface area contributed by atoms with Crippen LogP contribution in [-0.2, 0) is 4.74 Å². The van der Waals surface area contributed by atoms with Gasteiger partial charge in [-0.15, -0.1) is 0 Å². The summed E-state index contributed by atoms with van der Waals surface area (Å²) in [5, 5.41) is 1.11. The van der Waals surface area contributed by atoms with Crippen LogP contribution in [0.2, 0.25) is 0 Å². The molecule has 1 heterocycles. The number of carbonyl (C=O) groups excluding carboxylic acids is 1. The molecule has 2 unspecified atom stereocenters. The highest BCUT2D eigenvalue weighted by Gasteiger charge is 2.37. The summed E-state index contributed by atoms with van der Waals surface area (Å²) in [7, 11) is 0. The first-order valence-corrected chi connectivity index (χ1v) is 6.49. The molecule has 3 heteroatoms. The van der Waals surface area contributed by atoms with E-state index in [1.54, 1.807) is 0 Å². The van der Waals surface area contributed by atoms with Crippen molar-refractivity contribution in [2.75, 3.05) is 6.61 Å². The molecule has 94 valence electrons. The lowest BCUT2D eigenvalue weighted by atomic mass is 10.2. The molecule has 0 bridgehead atoms. The quantitative estimate of drug-likeness (QED) is 0.774. The smallest absolute Gasteiger partial charge is 0.354 e. The number of aromatic nitrogens is 1. The van der Waals surface area contributed by atoms with E-state index in [-0.39, 0.29) is 5.97 Å². The second kappa shape index (κ2) is 4.16. The van der Waals surface area contributed by atoms with Gasteiger partial charge in [-0.3, -0.25) is 0 Å². The molecule has 1 aliphatic carbocycles. The molecule has 0 aliphatic heterocycles. The summed E-state index contributed by atoms with van der Waals surface area (Å²) in [6.07, 6.45) is 1.14. The lowest BCUT2D eigenvalue weighted by Gasteiger charge is -2.09. The fraction of sp³-hybridized carbons (Fsp3) is 0.400. The first-order chi connectivity index (χ1) is 8.72. The molecule has 0 amide bonds. The lowest BCUT2D eigenvalue weighted by molar-refractivity contribution is 0.0514. The van der Waals surface area contributed by atoms with Gasteiger partial charge >= 0.3 is 5.97 Å². The Bertz CT molecular complexity index is 600. The molecule has 1 aliphatic rings. The van der Waals surface area contributed by atoms with E-state index in [1.165, 1.54) is 0 Å². The van der Waals surface area contributed by atoms with Crippen molar-refractivity contribution in [3.05, 3.63) is 36.0 Å². The van der Waals surface area contributed by atoms with Gasteiger partial charge in [0.1, 0.15) is 5.69 Å². The second-order valence-corrected chi connectivity index (χ2v) is 4.96. The van der Waals surface area contributed by atoms with Gasteiger partial charge in [0.05, 0.1) is 6.61 Å². The van der Waals surface area contributed by atoms with Gasteiger partial charge in [0.15, 0.2) is 0 Å². The van der Waals surface area contributed by atoms with Gasteiger partial charge < -0.3 is 9.30 Å². The molecule has 2 atom stereocenters. The van der Waals surface area contributed by atoms with Crippen molar-refractivity contribution < 1.29 is 9.53 Å². The van der Waals surface area contributed by atoms with Crippen LogP contribution in [0.5, 0.6) is 0 Å². The Morgan fingerprint density at radius 1 is 1.44 bits per heavy atom. The summed E-state index contributed by atoms with van der Waals surface area (Å²) < 4.78 is 7.30. The maximum atomic E-state index is 12.0. The fourth-order valence-electron chi connectivity index (χ4n) is 2.56. The summed E-state index contributed by atoms with van der Waals surface area (Å²) in [6, 6.07) is 10.5. The van der Waals surface area contributed by atoms with E-state index in [9.17, 15) is 4.79 Å². The number of nitrogens with zero attached hydrogens (tertiary/aromatic N) is 1. The van der Waals surface area contributed by atoms with Crippen LogP contribution in [0.15, 0.2) is 30.3 Å². The maximum absolute atomic E-state index is 12.0. The Labute approximate surface area is 106 Å². The Morgan fingerprint density at radius 2 is 2.17 bits per heavy atom. The predicted molar refractivity (Wildman–Crippen MR) is 70.7 cm³/mol. The highest BCUT2D eigenvalue weighted by molar-refractivity contribution is 5.95. The monoisotopic (exact) mass is 243 g/mol. The predicted octanol–water partition coefficient (Wildman–Crippen LogP) is 3.40. The van der Waals surface area contributed by atoms with Crippen molar-refractivity contribution in [2.24, 2.45) is 5.92 Å². The zero-order chi connectivity index (χ0) is 12.7. The first kappa shape index (κ1) is 11.3. The van der Waals surface area contributed by atoms with Crippen LogP contribution >= 0.6 is 0 Å². The summed E-state index contributed by atoms with van der Waals surface area (Å²) in [6.45, 7) is 4.47. The number of fused-ring (bicyclic) bond motifs is 1. The van der Waals surface area contributed by atoms with Gasteiger partial charge in [-0.1, -0.05) is 25.1 Å². The van der Waals surface area contributed by atoms with Crippen molar-refractivity contribution >= 4 is 16.9 Å². The Balaban J connectivity index is 2.14. The van der Waals surface area contributed by atoms with E-state index >= 15 is 0 Å². The van der Waals surface area contributed by atoms with Crippen molar-refractivity contribution in [1.82, 2.24) is 4.57 Å². The zero-order valence-electron chi connectivity index (χ0n) is 10.7. The van der Waals surface area contributed by atoms with Crippen LogP contribution < -0.4 is 0 Å². The fourth-order valence-corrected chi connectivity index (χ4v) is 2.56. The maximum Gasteiger partial charge on any atom is 0.354 e. The largest absolute Gasteiger partial charge is 0.461 e. The molecule has 0 radical (unpaired) electrons. The van der Waals surface area contributed by atoms with Crippen LogP contribution in [0.3, 0.4) is 0 Å². The summed E-state index contributed by atoms with van der Waals surface area (Å²) in [4.78, 5) is 12.0. The van der Waals surface area contributed by atoms with Gasteiger partial charge in [-0.25, -0.2) is 4.79 Å². The third-order valence-corrected chi connectivity index (χ3v) is 3.63. The molecular weight excluding hydrogens is 226 g/mol. The number of hydrogen-bond donors (Lipinski definition) is 0. The normalized spacial score (nSPS) is 22.1. The molecule has 3 nitrogen and oxygen atoms in total. The van der Waals surface area contributed by atoms with Crippen LogP contribution in [-0.4, -0.2) is 17.1 Å². The molecule has 18 heavy (non-hydrogen) atoms. The van der Waals surface area contributed by atoms with Crippen molar-refractivity contribution in [1.29, 1.82) is 0 Å². The van der Waals surface area contributed by atoms with Crippen LogP contribution in [0.25, 0.3) is 10.9 Å². The van der Waals surface area contributed by atoms with Gasteiger partial charge in [0.2, 0.25) is 0 Å². The van der Waals surface area contributed by atoms with Crippen molar-refractivity contribution in [3.63, 3.8) is 0 Å². The molecule has 3 rings (SSSR count). The summed E-state index contributed by atoms with van der Waals surface area (Å²) in [5.74, 6) is 0.432. The van der Waals surface area contributed by atoms with E-state index in [1.807, 2.05) is 31.2 Å². The topological polar surface area (TPSA) is 31.2 Å². The van der Waals surface area contributed by atoms with Gasteiger partial charge in [-0.2, -0.15) is 0 Å². The molecule has 0 N–H and O–H groups in total. The number of rotatable bonds is 3. The average molecular weight is 243 g/mol. The zero-order valence-corrected chi connectivity index (χ0v) is 10.7. The highest BCUT2D eigenvalue weighted by Crippen LogP contribution is 2.45. The number of hydrogen-bond acceptors (Lipinski definition) is 2. The Morgan fingerprint density at radius 3 is 2.83 bits per heavy atom. The summed E-state index contributed by atoms with van der Waals surface area (Å²) >= 11 is 0. The van der Waals surface area contributed by atoms with Gasteiger partial charge in [0.25, 0.3) is 0 Å². The number of esters is 1. The number of ether oxygens (including phenoxy) is 1. The highest BCUT2D eigenvalue weighted by atomic mass is 16.5. The SMILES string of the molecule is CCOC(=O)c1cc2ccccc2n1C1CC1C. The van der Waals surface area contributed by atoms with Crippen LogP contribution in [0.4, 0.5) is 0 Å². The molecule has 1 aromatic carbocycles. The van der Waals surface area contributed by atoms with Crippen LogP contribution in [0.1, 0.15) is 36.8 Å². The van der Waals surface area contributed by atoms with Gasteiger partial charge in [0, 0.05) is 16.9 Å². The van der Waals surface area contributed by atoms with Crippen LogP contribution in [0, 0.1) is 5.92 Å². The summed E-state index contributed by atoms with van der Waals surface area (Å²) in [5.41, 5.74) is 1.82. The molecule has 0 saturated heterocycles. The molecule has 2 aromatic rings. The third kappa shape index (κ3) is 1.70. The Kier molecular flexibility index (Phi) is 2.62. The molecule has 1 aromatic heterocycles. The van der Waals surface area contributed by atoms with E-state index in [0.29, 0.717) is 24.3 Å². The molecule has 0 spiro atoms. The third-order valence-electron chi connectivity index (χ3n) is 3.63. The minimum absolute atomic E-state index is 0.215. The minimum Gasteiger partial charge on any atom is -0.461 e. The molecule has 1 saturated carbocycles. The van der Waals surface area contributed by atoms with Crippen molar-refractivity contribution in [3.8, 4) is 0 Å². The molecule has 1 fully saturated rings. The number of carbonyl (C=O) groups is 1. The van der Waals surface area contributed by atoms with Gasteiger partial charge in [-0.05, 0) is 31.4 Å². The Hall–Kier alpha value is -1.77. The number of para-hydroxylation sites is 1. The van der Waals surface area contributed by atoms with E-state index < -0.39 is 0 Å². The first-order valence-electron chi connectivity index (χ1n) is 6.49. The van der Waals surface area contributed by atoms with E-state index in [4.69, 9.17) is 4.74 Å². The van der Waals surface area contributed by atoms with E-state index in [2.05, 4.69) is 17.6 Å². The second-order valence-electron chi connectivity index (χ2n) is 4.96. The standard InChI is InChI=1S/C15H17NO2/c1-3-18-15(17)14-9-11-6-4-5-7-12(11)16(14)13-8-10(13)2/h4-7,9-10,13H,3,8H2,1-2H3. The van der Waals surface area contributed by atoms with Crippen molar-refractivity contribution in [2.45, 2.75) is 26.3 Å².